The van der Waals surface area contributed by atoms with Crippen molar-refractivity contribution in [2.24, 2.45) is 0 Å². The summed E-state index contributed by atoms with van der Waals surface area (Å²) in [5.74, 6) is 0.752. The number of amides is 1. The zero-order valence-electron chi connectivity index (χ0n) is 16.7. The number of hydrogen-bond acceptors (Lipinski definition) is 3. The number of carbonyl (C=O) groups excluding carboxylic acids is 1. The summed E-state index contributed by atoms with van der Waals surface area (Å²) < 4.78 is 5.16. The number of para-hydroxylation sites is 1. The fourth-order valence-electron chi connectivity index (χ4n) is 3.79. The van der Waals surface area contributed by atoms with Crippen LogP contribution >= 0.6 is 0 Å². The third kappa shape index (κ3) is 4.60. The van der Waals surface area contributed by atoms with Crippen LogP contribution in [0.5, 0.6) is 5.75 Å². The van der Waals surface area contributed by atoms with E-state index in [9.17, 15) is 4.79 Å². The molecule has 4 heteroatoms. The van der Waals surface area contributed by atoms with Gasteiger partial charge in [-0.05, 0) is 59.9 Å². The Morgan fingerprint density at radius 3 is 2.45 bits per heavy atom. The Labute approximate surface area is 172 Å². The van der Waals surface area contributed by atoms with Gasteiger partial charge in [-0.1, -0.05) is 42.5 Å². The van der Waals surface area contributed by atoms with Gasteiger partial charge in [0.1, 0.15) is 5.75 Å². The maximum atomic E-state index is 12.5. The Morgan fingerprint density at radius 2 is 1.69 bits per heavy atom. The van der Waals surface area contributed by atoms with Gasteiger partial charge < -0.3 is 15.0 Å². The molecule has 29 heavy (non-hydrogen) atoms. The summed E-state index contributed by atoms with van der Waals surface area (Å²) in [6, 6.07) is 24.3. The van der Waals surface area contributed by atoms with E-state index in [1.807, 2.05) is 36.4 Å². The van der Waals surface area contributed by atoms with E-state index in [4.69, 9.17) is 4.74 Å². The molecule has 1 heterocycles. The lowest BCUT2D eigenvalue weighted by Crippen LogP contribution is -2.28. The molecular formula is C25H26N2O2. The van der Waals surface area contributed by atoms with Crippen molar-refractivity contribution in [1.82, 2.24) is 5.32 Å². The topological polar surface area (TPSA) is 41.6 Å². The lowest BCUT2D eigenvalue weighted by molar-refractivity contribution is 0.0951. The van der Waals surface area contributed by atoms with Gasteiger partial charge in [0.05, 0.1) is 7.11 Å². The van der Waals surface area contributed by atoms with E-state index in [2.05, 4.69) is 46.6 Å². The second-order valence-electron chi connectivity index (χ2n) is 7.38. The molecule has 0 aromatic heterocycles. The number of aryl methyl sites for hydroxylation is 1. The van der Waals surface area contributed by atoms with Gasteiger partial charge in [0.15, 0.2) is 0 Å². The first-order valence-corrected chi connectivity index (χ1v) is 10.1. The van der Waals surface area contributed by atoms with Crippen molar-refractivity contribution in [2.45, 2.75) is 25.9 Å². The highest BCUT2D eigenvalue weighted by Crippen LogP contribution is 2.28. The predicted octanol–water partition coefficient (Wildman–Crippen LogP) is 4.58. The highest BCUT2D eigenvalue weighted by molar-refractivity contribution is 5.94. The number of anilines is 1. The van der Waals surface area contributed by atoms with Crippen molar-refractivity contribution in [1.29, 1.82) is 0 Å². The van der Waals surface area contributed by atoms with Crippen molar-refractivity contribution in [2.75, 3.05) is 18.6 Å². The average Bonchev–Trinajstić information content (AvgIpc) is 2.78. The summed E-state index contributed by atoms with van der Waals surface area (Å²) >= 11 is 0. The minimum atomic E-state index is -0.0595. The van der Waals surface area contributed by atoms with Gasteiger partial charge in [-0.3, -0.25) is 4.79 Å². The van der Waals surface area contributed by atoms with E-state index >= 15 is 0 Å². The van der Waals surface area contributed by atoms with Crippen molar-refractivity contribution in [3.8, 4) is 5.75 Å². The molecule has 0 bridgehead atoms. The number of rotatable bonds is 6. The molecule has 0 saturated carbocycles. The van der Waals surface area contributed by atoms with E-state index in [1.165, 1.54) is 23.2 Å². The van der Waals surface area contributed by atoms with E-state index in [0.717, 1.165) is 30.8 Å². The maximum absolute atomic E-state index is 12.5. The number of hydrogen-bond donors (Lipinski definition) is 1. The minimum absolute atomic E-state index is 0.0595. The molecule has 3 aromatic rings. The Kier molecular flexibility index (Phi) is 5.80. The summed E-state index contributed by atoms with van der Waals surface area (Å²) in [5, 5.41) is 2.98. The molecule has 148 valence electrons. The van der Waals surface area contributed by atoms with Crippen molar-refractivity contribution >= 4 is 11.6 Å². The normalized spacial score (nSPS) is 12.9. The van der Waals surface area contributed by atoms with E-state index in [1.54, 1.807) is 7.11 Å². The molecule has 3 aromatic carbocycles. The first-order valence-electron chi connectivity index (χ1n) is 10.1. The Hall–Kier alpha value is -3.27. The number of ether oxygens (including phenoxy) is 1. The number of fused-ring (bicyclic) bond motifs is 1. The van der Waals surface area contributed by atoms with Gasteiger partial charge >= 0.3 is 0 Å². The van der Waals surface area contributed by atoms with Crippen LogP contribution in [0.2, 0.25) is 0 Å². The second kappa shape index (κ2) is 8.82. The molecule has 1 N–H and O–H groups in total. The molecule has 4 nitrogen and oxygen atoms in total. The fraction of sp³-hybridized carbons (Fsp3) is 0.240. The first kappa shape index (κ1) is 19.1. The maximum Gasteiger partial charge on any atom is 0.251 e. The quantitative estimate of drug-likeness (QED) is 0.674. The molecule has 0 aliphatic carbocycles. The molecule has 0 atom stereocenters. The Morgan fingerprint density at radius 1 is 0.966 bits per heavy atom. The van der Waals surface area contributed by atoms with Crippen LogP contribution in [0.1, 0.15) is 33.5 Å². The Balaban J connectivity index is 1.36. The number of benzene rings is 3. The van der Waals surface area contributed by atoms with Crippen LogP contribution in [0, 0.1) is 0 Å². The molecule has 0 saturated heterocycles. The summed E-state index contributed by atoms with van der Waals surface area (Å²) in [4.78, 5) is 14.9. The van der Waals surface area contributed by atoms with E-state index in [-0.39, 0.29) is 5.91 Å². The third-order valence-corrected chi connectivity index (χ3v) is 5.41. The highest BCUT2D eigenvalue weighted by atomic mass is 16.5. The molecule has 0 radical (unpaired) electrons. The van der Waals surface area contributed by atoms with Crippen LogP contribution in [0.25, 0.3) is 0 Å². The van der Waals surface area contributed by atoms with Gasteiger partial charge in [-0.25, -0.2) is 0 Å². The third-order valence-electron chi connectivity index (χ3n) is 5.41. The van der Waals surface area contributed by atoms with Crippen LogP contribution in [0.4, 0.5) is 5.69 Å². The van der Waals surface area contributed by atoms with Gasteiger partial charge in [0.2, 0.25) is 0 Å². The van der Waals surface area contributed by atoms with Crippen LogP contribution < -0.4 is 15.0 Å². The summed E-state index contributed by atoms with van der Waals surface area (Å²) in [6.07, 6.45) is 2.34. The zero-order valence-corrected chi connectivity index (χ0v) is 16.7. The zero-order chi connectivity index (χ0) is 20.1. The number of carbonyl (C=O) groups is 1. The van der Waals surface area contributed by atoms with Gasteiger partial charge in [-0.15, -0.1) is 0 Å². The molecule has 1 aliphatic heterocycles. The van der Waals surface area contributed by atoms with Gasteiger partial charge in [-0.2, -0.15) is 0 Å². The fourth-order valence-corrected chi connectivity index (χ4v) is 3.79. The smallest absolute Gasteiger partial charge is 0.251 e. The second-order valence-corrected chi connectivity index (χ2v) is 7.38. The average molecular weight is 386 g/mol. The van der Waals surface area contributed by atoms with E-state index < -0.39 is 0 Å². The molecule has 0 fully saturated rings. The van der Waals surface area contributed by atoms with Crippen LogP contribution in [-0.4, -0.2) is 19.6 Å². The summed E-state index contributed by atoms with van der Waals surface area (Å²) in [7, 11) is 1.64. The SMILES string of the molecule is COc1ccc(CNC(=O)c2ccc(CN3CCCc4ccccc43)cc2)cc1. The first-order chi connectivity index (χ1) is 14.2. The molecule has 0 spiro atoms. The van der Waals surface area contributed by atoms with Crippen LogP contribution in [0.3, 0.4) is 0 Å². The highest BCUT2D eigenvalue weighted by Gasteiger charge is 2.16. The summed E-state index contributed by atoms with van der Waals surface area (Å²) in [6.45, 7) is 2.43. The largest absolute Gasteiger partial charge is 0.497 e. The molecule has 1 aliphatic rings. The van der Waals surface area contributed by atoms with Crippen molar-refractivity contribution < 1.29 is 9.53 Å². The Bertz CT molecular complexity index is 965. The van der Waals surface area contributed by atoms with Crippen molar-refractivity contribution in [3.63, 3.8) is 0 Å². The van der Waals surface area contributed by atoms with Crippen molar-refractivity contribution in [3.05, 3.63) is 95.1 Å². The van der Waals surface area contributed by atoms with Gasteiger partial charge in [0.25, 0.3) is 5.91 Å². The molecular weight excluding hydrogens is 360 g/mol. The molecule has 4 rings (SSSR count). The standard InChI is InChI=1S/C25H26N2O2/c1-29-23-14-10-19(11-15-23)17-26-25(28)22-12-8-20(9-13-22)18-27-16-4-6-21-5-2-3-7-24(21)27/h2-3,5,7-15H,4,6,16-18H2,1H3,(H,26,28). The predicted molar refractivity (Wildman–Crippen MR) is 116 cm³/mol. The lowest BCUT2D eigenvalue weighted by atomic mass is 10.0. The van der Waals surface area contributed by atoms with Gasteiger partial charge in [0, 0.05) is 30.9 Å². The number of nitrogens with one attached hydrogen (secondary N) is 1. The summed E-state index contributed by atoms with van der Waals surface area (Å²) in [5.41, 5.74) is 5.70. The van der Waals surface area contributed by atoms with Crippen LogP contribution in [0.15, 0.2) is 72.8 Å². The number of nitrogens with zero attached hydrogens (tertiary/aromatic N) is 1. The van der Waals surface area contributed by atoms with E-state index in [0.29, 0.717) is 12.1 Å². The van der Waals surface area contributed by atoms with Crippen LogP contribution in [-0.2, 0) is 19.5 Å². The monoisotopic (exact) mass is 386 g/mol. The minimum Gasteiger partial charge on any atom is -0.497 e. The molecule has 0 unspecified atom stereocenters. The number of methoxy groups -OCH3 is 1. The lowest BCUT2D eigenvalue weighted by Gasteiger charge is -2.31. The molecule has 1 amide bonds.